The van der Waals surface area contributed by atoms with Crippen molar-refractivity contribution in [1.82, 2.24) is 19.8 Å². The number of rotatable bonds is 7. The largest absolute Gasteiger partial charge is 0.336 e. The van der Waals surface area contributed by atoms with Gasteiger partial charge in [0, 0.05) is 32.0 Å². The van der Waals surface area contributed by atoms with E-state index in [9.17, 15) is 4.79 Å². The summed E-state index contributed by atoms with van der Waals surface area (Å²) in [4.78, 5) is 18.6. The summed E-state index contributed by atoms with van der Waals surface area (Å²) in [5, 5.41) is 3.04. The predicted octanol–water partition coefficient (Wildman–Crippen LogP) is 3.07. The average molecular weight is 312 g/mol. The van der Waals surface area contributed by atoms with Gasteiger partial charge in [-0.25, -0.2) is 9.78 Å². The second-order valence-corrected chi connectivity index (χ2v) is 6.21. The maximum atomic E-state index is 12.6. The minimum atomic E-state index is 0.0216. The molecule has 122 valence electrons. The van der Waals surface area contributed by atoms with E-state index in [4.69, 9.17) is 0 Å². The number of urea groups is 1. The molecule has 1 heterocycles. The van der Waals surface area contributed by atoms with Crippen LogP contribution in [0.1, 0.15) is 31.4 Å². The van der Waals surface area contributed by atoms with Crippen LogP contribution in [0.2, 0.25) is 0 Å². The van der Waals surface area contributed by atoms with Crippen LogP contribution in [0.15, 0.2) is 49.1 Å². The van der Waals surface area contributed by atoms with Crippen LogP contribution < -0.4 is 5.32 Å². The Morgan fingerprint density at radius 1 is 1.39 bits per heavy atom. The third kappa shape index (κ3) is 4.34. The molecule has 2 amide bonds. The zero-order valence-corrected chi connectivity index (χ0v) is 13.6. The van der Waals surface area contributed by atoms with Crippen molar-refractivity contribution in [3.8, 4) is 0 Å². The Hall–Kier alpha value is -2.30. The fourth-order valence-electron chi connectivity index (χ4n) is 2.72. The summed E-state index contributed by atoms with van der Waals surface area (Å²) in [6.07, 6.45) is 7.89. The summed E-state index contributed by atoms with van der Waals surface area (Å²) in [5.74, 6) is 0.667. The molecule has 5 heteroatoms. The van der Waals surface area contributed by atoms with Crippen molar-refractivity contribution < 1.29 is 4.79 Å². The molecule has 3 rings (SSSR count). The lowest BCUT2D eigenvalue weighted by Gasteiger charge is -2.30. The van der Waals surface area contributed by atoms with Crippen LogP contribution in [0.3, 0.4) is 0 Å². The van der Waals surface area contributed by atoms with Gasteiger partial charge in [0.05, 0.1) is 12.4 Å². The molecule has 5 nitrogen and oxygen atoms in total. The zero-order chi connectivity index (χ0) is 16.1. The van der Waals surface area contributed by atoms with Crippen LogP contribution in [0.5, 0.6) is 0 Å². The van der Waals surface area contributed by atoms with E-state index in [2.05, 4.69) is 29.4 Å². The van der Waals surface area contributed by atoms with E-state index in [1.54, 1.807) is 12.5 Å². The lowest BCUT2D eigenvalue weighted by Crippen LogP contribution is -2.43. The Labute approximate surface area is 137 Å². The predicted molar refractivity (Wildman–Crippen MR) is 89.9 cm³/mol. The third-order valence-corrected chi connectivity index (χ3v) is 4.37. The number of amides is 2. The summed E-state index contributed by atoms with van der Waals surface area (Å²) in [5.41, 5.74) is 1.18. The first-order valence-corrected chi connectivity index (χ1v) is 8.29. The second kappa shape index (κ2) is 7.31. The maximum absolute atomic E-state index is 12.6. The van der Waals surface area contributed by atoms with Gasteiger partial charge in [0.15, 0.2) is 0 Å². The van der Waals surface area contributed by atoms with E-state index in [1.165, 1.54) is 18.4 Å². The SMILES string of the molecule is C[C@@H](c1ccccc1)N(CC1CC1)C(=O)NCCn1ccnc1. The number of carbonyl (C=O) groups excluding carboxylic acids is 1. The number of hydrogen-bond donors (Lipinski definition) is 1. The van der Waals surface area contributed by atoms with Crippen LogP contribution in [-0.2, 0) is 6.54 Å². The summed E-state index contributed by atoms with van der Waals surface area (Å²) < 4.78 is 1.96. The monoisotopic (exact) mass is 312 g/mol. The van der Waals surface area contributed by atoms with Gasteiger partial charge >= 0.3 is 6.03 Å². The minimum absolute atomic E-state index is 0.0216. The Kier molecular flexibility index (Phi) is 4.95. The van der Waals surface area contributed by atoms with Crippen molar-refractivity contribution in [2.75, 3.05) is 13.1 Å². The lowest BCUT2D eigenvalue weighted by molar-refractivity contribution is 0.175. The smallest absolute Gasteiger partial charge is 0.317 e. The molecule has 1 N–H and O–H groups in total. The maximum Gasteiger partial charge on any atom is 0.317 e. The number of carbonyl (C=O) groups is 1. The fourth-order valence-corrected chi connectivity index (χ4v) is 2.72. The lowest BCUT2D eigenvalue weighted by atomic mass is 10.1. The molecule has 0 aliphatic heterocycles. The molecule has 2 aromatic rings. The molecule has 0 bridgehead atoms. The molecule has 23 heavy (non-hydrogen) atoms. The summed E-state index contributed by atoms with van der Waals surface area (Å²) in [6.45, 7) is 4.29. The summed E-state index contributed by atoms with van der Waals surface area (Å²) in [6, 6.07) is 10.3. The van der Waals surface area contributed by atoms with Gasteiger partial charge in [0.1, 0.15) is 0 Å². The van der Waals surface area contributed by atoms with Crippen molar-refractivity contribution in [3.05, 3.63) is 54.6 Å². The molecule has 1 aliphatic carbocycles. The van der Waals surface area contributed by atoms with E-state index in [-0.39, 0.29) is 12.1 Å². The Morgan fingerprint density at radius 2 is 2.17 bits per heavy atom. The van der Waals surface area contributed by atoms with E-state index in [0.717, 1.165) is 13.1 Å². The number of nitrogens with one attached hydrogen (secondary N) is 1. The Balaban J connectivity index is 1.59. The van der Waals surface area contributed by atoms with Gasteiger partial charge in [-0.15, -0.1) is 0 Å². The topological polar surface area (TPSA) is 50.2 Å². The minimum Gasteiger partial charge on any atom is -0.336 e. The average Bonchev–Trinajstić information content (AvgIpc) is 3.26. The first kappa shape index (κ1) is 15.6. The van der Waals surface area contributed by atoms with E-state index >= 15 is 0 Å². The van der Waals surface area contributed by atoms with Crippen molar-refractivity contribution >= 4 is 6.03 Å². The Morgan fingerprint density at radius 3 is 2.83 bits per heavy atom. The van der Waals surface area contributed by atoms with Gasteiger partial charge in [-0.3, -0.25) is 0 Å². The van der Waals surface area contributed by atoms with Crippen LogP contribution >= 0.6 is 0 Å². The van der Waals surface area contributed by atoms with Crippen LogP contribution in [0, 0.1) is 5.92 Å². The normalized spacial score (nSPS) is 15.2. The first-order chi connectivity index (χ1) is 11.2. The second-order valence-electron chi connectivity index (χ2n) is 6.21. The highest BCUT2D eigenvalue weighted by Gasteiger charge is 2.29. The van der Waals surface area contributed by atoms with E-state index < -0.39 is 0 Å². The molecule has 1 aromatic heterocycles. The summed E-state index contributed by atoms with van der Waals surface area (Å²) in [7, 11) is 0. The highest BCUT2D eigenvalue weighted by atomic mass is 16.2. The molecular formula is C18H24N4O. The number of benzene rings is 1. The molecule has 1 atom stereocenters. The highest BCUT2D eigenvalue weighted by Crippen LogP contribution is 2.32. The van der Waals surface area contributed by atoms with E-state index in [1.807, 2.05) is 33.9 Å². The molecular weight excluding hydrogens is 288 g/mol. The quantitative estimate of drug-likeness (QED) is 0.854. The zero-order valence-electron chi connectivity index (χ0n) is 13.6. The molecule has 1 saturated carbocycles. The molecule has 1 aliphatic rings. The standard InChI is InChI=1S/C18H24N4O/c1-15(17-5-3-2-4-6-17)22(13-16-7-8-16)18(23)20-10-12-21-11-9-19-14-21/h2-6,9,11,14-16H,7-8,10,12-13H2,1H3,(H,20,23)/t15-/m0/s1. The van der Waals surface area contributed by atoms with E-state index in [0.29, 0.717) is 12.5 Å². The van der Waals surface area contributed by atoms with Crippen molar-refractivity contribution in [2.24, 2.45) is 5.92 Å². The van der Waals surface area contributed by atoms with Gasteiger partial charge in [-0.1, -0.05) is 30.3 Å². The van der Waals surface area contributed by atoms with Gasteiger partial charge in [0.25, 0.3) is 0 Å². The number of imidazole rings is 1. The molecule has 0 unspecified atom stereocenters. The molecule has 0 radical (unpaired) electrons. The Bertz CT molecular complexity index is 607. The van der Waals surface area contributed by atoms with Crippen molar-refractivity contribution in [1.29, 1.82) is 0 Å². The van der Waals surface area contributed by atoms with Gasteiger partial charge in [0.2, 0.25) is 0 Å². The van der Waals surface area contributed by atoms with Crippen molar-refractivity contribution in [2.45, 2.75) is 32.4 Å². The molecule has 1 fully saturated rings. The van der Waals surface area contributed by atoms with Gasteiger partial charge in [-0.05, 0) is 31.2 Å². The van der Waals surface area contributed by atoms with Crippen LogP contribution in [0.4, 0.5) is 4.79 Å². The van der Waals surface area contributed by atoms with Crippen molar-refractivity contribution in [3.63, 3.8) is 0 Å². The van der Waals surface area contributed by atoms with Crippen LogP contribution in [-0.4, -0.2) is 33.6 Å². The number of nitrogens with zero attached hydrogens (tertiary/aromatic N) is 3. The van der Waals surface area contributed by atoms with Crippen LogP contribution in [0.25, 0.3) is 0 Å². The fraction of sp³-hybridized carbons (Fsp3) is 0.444. The van der Waals surface area contributed by atoms with Gasteiger partial charge < -0.3 is 14.8 Å². The number of hydrogen-bond acceptors (Lipinski definition) is 2. The van der Waals surface area contributed by atoms with Gasteiger partial charge in [-0.2, -0.15) is 0 Å². The highest BCUT2D eigenvalue weighted by molar-refractivity contribution is 5.74. The molecule has 0 saturated heterocycles. The summed E-state index contributed by atoms with van der Waals surface area (Å²) >= 11 is 0. The first-order valence-electron chi connectivity index (χ1n) is 8.29. The molecule has 0 spiro atoms. The third-order valence-electron chi connectivity index (χ3n) is 4.37. The number of aromatic nitrogens is 2. The molecule has 1 aromatic carbocycles.